The molecule has 1 saturated heterocycles. The molecule has 3 unspecified atom stereocenters. The van der Waals surface area contributed by atoms with Crippen LogP contribution in [0.3, 0.4) is 0 Å². The quantitative estimate of drug-likeness (QED) is 0.415. The zero-order valence-corrected chi connectivity index (χ0v) is 19.2. The Bertz CT molecular complexity index is 518. The number of aliphatic hydroxyl groups excluding tert-OH is 4. The van der Waals surface area contributed by atoms with Gasteiger partial charge in [-0.15, -0.1) is 0 Å². The van der Waals surface area contributed by atoms with Crippen molar-refractivity contribution in [3.05, 3.63) is 0 Å². The van der Waals surface area contributed by atoms with E-state index in [9.17, 15) is 25.2 Å². The van der Waals surface area contributed by atoms with E-state index >= 15 is 0 Å². The van der Waals surface area contributed by atoms with E-state index in [4.69, 9.17) is 0 Å². The zero-order valence-electron chi connectivity index (χ0n) is 19.2. The average molecular weight is 429 g/mol. The largest absolute Gasteiger partial charge is 0.395 e. The first-order valence-electron chi connectivity index (χ1n) is 11.9. The Morgan fingerprint density at radius 2 is 1.60 bits per heavy atom. The average Bonchev–Trinajstić information content (AvgIpc) is 2.71. The fraction of sp³-hybridized carbons (Fsp3) is 0.957. The van der Waals surface area contributed by atoms with Gasteiger partial charge in [0.25, 0.3) is 0 Å². The maximum Gasteiger partial charge on any atom is 0.228 e. The molecule has 7 heteroatoms. The molecule has 176 valence electrons. The van der Waals surface area contributed by atoms with Crippen LogP contribution in [0.4, 0.5) is 0 Å². The van der Waals surface area contributed by atoms with Gasteiger partial charge >= 0.3 is 0 Å². The Labute approximate surface area is 182 Å². The van der Waals surface area contributed by atoms with Gasteiger partial charge in [-0.25, -0.2) is 0 Å². The van der Waals surface area contributed by atoms with Crippen LogP contribution in [0.15, 0.2) is 0 Å². The molecule has 0 aromatic rings. The van der Waals surface area contributed by atoms with Crippen LogP contribution in [-0.2, 0) is 4.79 Å². The van der Waals surface area contributed by atoms with Gasteiger partial charge in [-0.05, 0) is 32.2 Å². The van der Waals surface area contributed by atoms with Crippen LogP contribution < -0.4 is 0 Å². The first kappa shape index (κ1) is 25.5. The maximum atomic E-state index is 13.0. The summed E-state index contributed by atoms with van der Waals surface area (Å²) in [5.74, 6) is 0.259. The minimum atomic E-state index is -1.20. The smallest absolute Gasteiger partial charge is 0.228 e. The van der Waals surface area contributed by atoms with E-state index in [0.717, 1.165) is 45.1 Å². The number of hydrogen-bond acceptors (Lipinski definition) is 6. The highest BCUT2D eigenvalue weighted by atomic mass is 16.4. The number of carbonyl (C=O) groups excluding carboxylic acids is 1. The highest BCUT2D eigenvalue weighted by Crippen LogP contribution is 2.28. The van der Waals surface area contributed by atoms with Crippen molar-refractivity contribution in [1.29, 1.82) is 0 Å². The molecule has 2 rings (SSSR count). The summed E-state index contributed by atoms with van der Waals surface area (Å²) >= 11 is 0. The van der Waals surface area contributed by atoms with Crippen LogP contribution in [0.5, 0.6) is 0 Å². The number of β-amino-alcohol motifs (C(OH)–C–C–N with tert-alkyl or cyclic N) is 1. The lowest BCUT2D eigenvalue weighted by atomic mass is 9.89. The van der Waals surface area contributed by atoms with Gasteiger partial charge in [0.05, 0.1) is 18.8 Å². The van der Waals surface area contributed by atoms with Crippen LogP contribution in [0, 0.1) is 5.41 Å². The van der Waals surface area contributed by atoms with Gasteiger partial charge in [0, 0.05) is 24.5 Å². The standard InChI is InChI=1S/C23H44N2O5/c1-23(2,3)22(30)25(17-11-7-6-8-12-17)14-10-5-4-9-13-24-15-19(27)21(29)20(28)18(24)16-26/h17-21,26-29H,4-16H2,1-3H3/t18?,19?,20?,21-/m1/s1. The molecule has 0 aromatic heterocycles. The number of carbonyl (C=O) groups is 1. The van der Waals surface area contributed by atoms with Gasteiger partial charge in [-0.1, -0.05) is 52.9 Å². The van der Waals surface area contributed by atoms with Crippen molar-refractivity contribution in [2.45, 2.75) is 109 Å². The zero-order chi connectivity index (χ0) is 22.3. The van der Waals surface area contributed by atoms with Gasteiger partial charge in [-0.2, -0.15) is 0 Å². The Kier molecular flexibility index (Phi) is 10.0. The topological polar surface area (TPSA) is 104 Å². The summed E-state index contributed by atoms with van der Waals surface area (Å²) < 4.78 is 0. The number of piperidine rings is 1. The van der Waals surface area contributed by atoms with Crippen molar-refractivity contribution in [1.82, 2.24) is 9.80 Å². The number of aliphatic hydroxyl groups is 4. The van der Waals surface area contributed by atoms with E-state index < -0.39 is 24.4 Å². The summed E-state index contributed by atoms with van der Waals surface area (Å²) in [6, 6.07) is -0.145. The maximum absolute atomic E-state index is 13.0. The van der Waals surface area contributed by atoms with E-state index in [1.807, 2.05) is 25.7 Å². The lowest BCUT2D eigenvalue weighted by Gasteiger charge is -2.43. The van der Waals surface area contributed by atoms with E-state index in [0.29, 0.717) is 12.6 Å². The van der Waals surface area contributed by atoms with Gasteiger partial charge in [0.2, 0.25) is 5.91 Å². The Hall–Kier alpha value is -0.730. The molecular weight excluding hydrogens is 384 g/mol. The number of likely N-dealkylation sites (tertiary alicyclic amines) is 1. The summed E-state index contributed by atoms with van der Waals surface area (Å²) in [6.45, 7) is 7.51. The molecule has 1 aliphatic heterocycles. The van der Waals surface area contributed by atoms with Crippen LogP contribution >= 0.6 is 0 Å². The normalized spacial score (nSPS) is 29.2. The van der Waals surface area contributed by atoms with Crippen molar-refractivity contribution in [2.24, 2.45) is 5.41 Å². The van der Waals surface area contributed by atoms with Crippen molar-refractivity contribution < 1.29 is 25.2 Å². The highest BCUT2D eigenvalue weighted by Gasteiger charge is 2.40. The SMILES string of the molecule is CC(C)(C)C(=O)N(CCCCCCN1CC(O)[C@@H](O)C(O)C1CO)C1CCCCC1. The van der Waals surface area contributed by atoms with Gasteiger partial charge in [0.1, 0.15) is 12.2 Å². The fourth-order valence-electron chi connectivity index (χ4n) is 4.86. The molecule has 7 nitrogen and oxygen atoms in total. The van der Waals surface area contributed by atoms with E-state index in [2.05, 4.69) is 4.90 Å². The molecule has 0 aromatic carbocycles. The molecule has 2 fully saturated rings. The summed E-state index contributed by atoms with van der Waals surface area (Å²) in [5.41, 5.74) is -0.350. The second-order valence-corrected chi connectivity index (χ2v) is 10.2. The molecule has 0 bridgehead atoms. The molecule has 1 saturated carbocycles. The first-order chi connectivity index (χ1) is 14.2. The first-order valence-corrected chi connectivity index (χ1v) is 11.9. The predicted octanol–water partition coefficient (Wildman–Crippen LogP) is 1.51. The molecule has 1 amide bonds. The molecule has 1 heterocycles. The fourth-order valence-corrected chi connectivity index (χ4v) is 4.86. The molecule has 0 radical (unpaired) electrons. The molecular formula is C23H44N2O5. The van der Waals surface area contributed by atoms with Crippen molar-refractivity contribution in [2.75, 3.05) is 26.2 Å². The number of nitrogens with zero attached hydrogens (tertiary/aromatic N) is 2. The van der Waals surface area contributed by atoms with Crippen molar-refractivity contribution in [3.8, 4) is 0 Å². The summed E-state index contributed by atoms with van der Waals surface area (Å²) in [7, 11) is 0. The number of rotatable bonds is 9. The highest BCUT2D eigenvalue weighted by molar-refractivity contribution is 5.81. The van der Waals surface area contributed by atoms with Crippen LogP contribution in [0.1, 0.15) is 78.6 Å². The summed E-state index contributed by atoms with van der Waals surface area (Å²) in [5, 5.41) is 39.3. The molecule has 4 atom stereocenters. The van der Waals surface area contributed by atoms with Gasteiger partial charge < -0.3 is 25.3 Å². The number of unbranched alkanes of at least 4 members (excludes halogenated alkanes) is 3. The predicted molar refractivity (Wildman–Crippen MR) is 117 cm³/mol. The molecule has 2 aliphatic rings. The lowest BCUT2D eigenvalue weighted by Crippen LogP contribution is -2.62. The third kappa shape index (κ3) is 6.89. The van der Waals surface area contributed by atoms with E-state index in [1.165, 1.54) is 19.3 Å². The number of hydrogen-bond donors (Lipinski definition) is 4. The molecule has 30 heavy (non-hydrogen) atoms. The Balaban J connectivity index is 1.76. The van der Waals surface area contributed by atoms with Crippen LogP contribution in [0.25, 0.3) is 0 Å². The van der Waals surface area contributed by atoms with Crippen molar-refractivity contribution >= 4 is 5.91 Å². The Morgan fingerprint density at radius 3 is 2.20 bits per heavy atom. The lowest BCUT2D eigenvalue weighted by molar-refractivity contribution is -0.145. The Morgan fingerprint density at radius 1 is 0.967 bits per heavy atom. The van der Waals surface area contributed by atoms with Gasteiger partial charge in [-0.3, -0.25) is 9.69 Å². The summed E-state index contributed by atoms with van der Waals surface area (Å²) in [6.07, 6.45) is 6.50. The third-order valence-corrected chi connectivity index (χ3v) is 6.73. The molecule has 4 N–H and O–H groups in total. The summed E-state index contributed by atoms with van der Waals surface area (Å²) in [4.78, 5) is 17.0. The second kappa shape index (κ2) is 11.8. The minimum Gasteiger partial charge on any atom is -0.395 e. The monoisotopic (exact) mass is 428 g/mol. The number of amides is 1. The molecule has 0 spiro atoms. The minimum absolute atomic E-state index is 0.240. The third-order valence-electron chi connectivity index (χ3n) is 6.73. The van der Waals surface area contributed by atoms with E-state index in [-0.39, 0.29) is 24.5 Å². The second-order valence-electron chi connectivity index (χ2n) is 10.2. The molecule has 1 aliphatic carbocycles. The van der Waals surface area contributed by atoms with Crippen LogP contribution in [-0.4, -0.2) is 92.8 Å². The van der Waals surface area contributed by atoms with Gasteiger partial charge in [0.15, 0.2) is 0 Å². The van der Waals surface area contributed by atoms with Crippen LogP contribution in [0.2, 0.25) is 0 Å². The van der Waals surface area contributed by atoms with E-state index in [1.54, 1.807) is 0 Å². The van der Waals surface area contributed by atoms with Crippen molar-refractivity contribution in [3.63, 3.8) is 0 Å².